The van der Waals surface area contributed by atoms with Crippen molar-refractivity contribution in [3.05, 3.63) is 34.9 Å². The Morgan fingerprint density at radius 1 is 1.31 bits per heavy atom. The molecule has 88 valence electrons. The molecule has 0 heterocycles. The van der Waals surface area contributed by atoms with Gasteiger partial charge in [0.25, 0.3) is 0 Å². The van der Waals surface area contributed by atoms with E-state index in [9.17, 15) is 0 Å². The summed E-state index contributed by atoms with van der Waals surface area (Å²) >= 11 is 5.96. The van der Waals surface area contributed by atoms with Gasteiger partial charge in [0.15, 0.2) is 0 Å². The van der Waals surface area contributed by atoms with Gasteiger partial charge in [-0.15, -0.1) is 0 Å². The molecule has 0 amide bonds. The van der Waals surface area contributed by atoms with Gasteiger partial charge in [0, 0.05) is 11.1 Å². The van der Waals surface area contributed by atoms with Gasteiger partial charge in [-0.2, -0.15) is 0 Å². The van der Waals surface area contributed by atoms with Gasteiger partial charge < -0.3 is 5.73 Å². The molecule has 1 aromatic rings. The van der Waals surface area contributed by atoms with Crippen molar-refractivity contribution in [3.8, 4) is 0 Å². The Labute approximate surface area is 103 Å². The van der Waals surface area contributed by atoms with Crippen LogP contribution in [0, 0.1) is 5.92 Å². The second kappa shape index (κ2) is 5.70. The number of rotatable bonds is 4. The SMILES string of the molecule is NC(CCc1cccc(Cl)c1)C1CCCC1. The van der Waals surface area contributed by atoms with Crippen molar-refractivity contribution in [2.24, 2.45) is 11.7 Å². The number of aryl methyl sites for hydroxylation is 1. The van der Waals surface area contributed by atoms with Crippen molar-refractivity contribution in [1.82, 2.24) is 0 Å². The summed E-state index contributed by atoms with van der Waals surface area (Å²) < 4.78 is 0. The van der Waals surface area contributed by atoms with E-state index in [-0.39, 0.29) is 0 Å². The van der Waals surface area contributed by atoms with Crippen molar-refractivity contribution in [2.75, 3.05) is 0 Å². The van der Waals surface area contributed by atoms with E-state index in [1.54, 1.807) is 0 Å². The summed E-state index contributed by atoms with van der Waals surface area (Å²) in [4.78, 5) is 0. The molecule has 1 aliphatic carbocycles. The summed E-state index contributed by atoms with van der Waals surface area (Å²) in [5.74, 6) is 0.763. The molecule has 0 spiro atoms. The molecule has 1 nitrogen and oxygen atoms in total. The fourth-order valence-electron chi connectivity index (χ4n) is 2.65. The number of benzene rings is 1. The van der Waals surface area contributed by atoms with Gasteiger partial charge in [-0.3, -0.25) is 0 Å². The lowest BCUT2D eigenvalue weighted by Crippen LogP contribution is -2.28. The van der Waals surface area contributed by atoms with Crippen molar-refractivity contribution in [3.63, 3.8) is 0 Å². The molecule has 0 saturated heterocycles. The van der Waals surface area contributed by atoms with Crippen LogP contribution in [0.3, 0.4) is 0 Å². The third-order valence-corrected chi connectivity index (χ3v) is 3.90. The highest BCUT2D eigenvalue weighted by atomic mass is 35.5. The van der Waals surface area contributed by atoms with E-state index in [4.69, 9.17) is 17.3 Å². The lowest BCUT2D eigenvalue weighted by Gasteiger charge is -2.18. The first-order valence-corrected chi connectivity index (χ1v) is 6.63. The summed E-state index contributed by atoms with van der Waals surface area (Å²) in [6.07, 6.45) is 7.54. The predicted molar refractivity (Wildman–Crippen MR) is 69.7 cm³/mol. The number of halogens is 1. The van der Waals surface area contributed by atoms with Crippen molar-refractivity contribution >= 4 is 11.6 Å². The zero-order valence-corrected chi connectivity index (χ0v) is 10.4. The Morgan fingerprint density at radius 3 is 2.75 bits per heavy atom. The first-order chi connectivity index (χ1) is 7.75. The molecule has 2 heteroatoms. The number of hydrogen-bond donors (Lipinski definition) is 1. The van der Waals surface area contributed by atoms with Gasteiger partial charge in [0.1, 0.15) is 0 Å². The van der Waals surface area contributed by atoms with Gasteiger partial charge in [0.2, 0.25) is 0 Å². The number of nitrogens with two attached hydrogens (primary N) is 1. The molecular weight excluding hydrogens is 218 g/mol. The molecule has 0 aliphatic heterocycles. The van der Waals surface area contributed by atoms with Crippen molar-refractivity contribution in [2.45, 2.75) is 44.6 Å². The molecule has 0 radical (unpaired) electrons. The molecule has 1 saturated carbocycles. The van der Waals surface area contributed by atoms with E-state index in [0.29, 0.717) is 6.04 Å². The maximum Gasteiger partial charge on any atom is 0.0408 e. The Hall–Kier alpha value is -0.530. The fraction of sp³-hybridized carbons (Fsp3) is 0.571. The molecule has 2 rings (SSSR count). The molecular formula is C14H20ClN. The second-order valence-corrected chi connectivity index (χ2v) is 5.31. The maximum atomic E-state index is 6.23. The highest BCUT2D eigenvalue weighted by molar-refractivity contribution is 6.30. The Balaban J connectivity index is 1.82. The number of hydrogen-bond acceptors (Lipinski definition) is 1. The zero-order valence-electron chi connectivity index (χ0n) is 9.66. The van der Waals surface area contributed by atoms with Crippen LogP contribution >= 0.6 is 11.6 Å². The van der Waals surface area contributed by atoms with Gasteiger partial charge in [-0.05, 0) is 49.3 Å². The van der Waals surface area contributed by atoms with Crippen LogP contribution in [0.2, 0.25) is 5.02 Å². The second-order valence-electron chi connectivity index (χ2n) is 4.88. The van der Waals surface area contributed by atoms with Crippen LogP contribution in [-0.4, -0.2) is 6.04 Å². The van der Waals surface area contributed by atoms with Crippen LogP contribution in [0.25, 0.3) is 0 Å². The molecule has 0 bridgehead atoms. The minimum atomic E-state index is 0.376. The summed E-state index contributed by atoms with van der Waals surface area (Å²) in [7, 11) is 0. The van der Waals surface area contributed by atoms with E-state index < -0.39 is 0 Å². The summed E-state index contributed by atoms with van der Waals surface area (Å²) in [6.45, 7) is 0. The van der Waals surface area contributed by atoms with E-state index in [2.05, 4.69) is 6.07 Å². The smallest absolute Gasteiger partial charge is 0.0408 e. The third-order valence-electron chi connectivity index (χ3n) is 3.66. The Kier molecular flexibility index (Phi) is 4.25. The van der Waals surface area contributed by atoms with E-state index in [1.165, 1.54) is 31.2 Å². The molecule has 2 N–H and O–H groups in total. The molecule has 1 unspecified atom stereocenters. The van der Waals surface area contributed by atoms with E-state index >= 15 is 0 Å². The van der Waals surface area contributed by atoms with Crippen LogP contribution in [-0.2, 0) is 6.42 Å². The Morgan fingerprint density at radius 2 is 2.06 bits per heavy atom. The third kappa shape index (κ3) is 3.23. The van der Waals surface area contributed by atoms with Crippen LogP contribution in [0.1, 0.15) is 37.7 Å². The first-order valence-electron chi connectivity index (χ1n) is 6.26. The monoisotopic (exact) mass is 237 g/mol. The normalized spacial score (nSPS) is 18.9. The molecule has 1 fully saturated rings. The summed E-state index contributed by atoms with van der Waals surface area (Å²) in [5.41, 5.74) is 7.54. The molecule has 1 aromatic carbocycles. The van der Waals surface area contributed by atoms with E-state index in [0.717, 1.165) is 23.8 Å². The van der Waals surface area contributed by atoms with Crippen molar-refractivity contribution in [1.29, 1.82) is 0 Å². The highest BCUT2D eigenvalue weighted by Gasteiger charge is 2.21. The van der Waals surface area contributed by atoms with Crippen LogP contribution in [0.15, 0.2) is 24.3 Å². The molecule has 0 aromatic heterocycles. The first kappa shape index (κ1) is 11.9. The molecule has 1 aliphatic rings. The van der Waals surface area contributed by atoms with Gasteiger partial charge in [0.05, 0.1) is 0 Å². The quantitative estimate of drug-likeness (QED) is 0.847. The minimum Gasteiger partial charge on any atom is -0.327 e. The summed E-state index contributed by atoms with van der Waals surface area (Å²) in [6, 6.07) is 8.48. The van der Waals surface area contributed by atoms with Gasteiger partial charge in [-0.1, -0.05) is 36.6 Å². The standard InChI is InChI=1S/C14H20ClN/c15-13-7-3-4-11(10-13)8-9-14(16)12-5-1-2-6-12/h3-4,7,10,12,14H,1-2,5-6,8-9,16H2. The highest BCUT2D eigenvalue weighted by Crippen LogP contribution is 2.28. The van der Waals surface area contributed by atoms with E-state index in [1.807, 2.05) is 18.2 Å². The van der Waals surface area contributed by atoms with Crippen LogP contribution < -0.4 is 5.73 Å². The lowest BCUT2D eigenvalue weighted by atomic mass is 9.93. The average Bonchev–Trinajstić information content (AvgIpc) is 2.79. The molecule has 16 heavy (non-hydrogen) atoms. The fourth-order valence-corrected chi connectivity index (χ4v) is 2.86. The average molecular weight is 238 g/mol. The van der Waals surface area contributed by atoms with Gasteiger partial charge >= 0.3 is 0 Å². The van der Waals surface area contributed by atoms with Crippen molar-refractivity contribution < 1.29 is 0 Å². The topological polar surface area (TPSA) is 26.0 Å². The minimum absolute atomic E-state index is 0.376. The molecule has 1 atom stereocenters. The van der Waals surface area contributed by atoms with Crippen LogP contribution in [0.4, 0.5) is 0 Å². The van der Waals surface area contributed by atoms with Crippen LogP contribution in [0.5, 0.6) is 0 Å². The summed E-state index contributed by atoms with van der Waals surface area (Å²) in [5, 5.41) is 0.826. The van der Waals surface area contributed by atoms with Gasteiger partial charge in [-0.25, -0.2) is 0 Å². The lowest BCUT2D eigenvalue weighted by molar-refractivity contribution is 0.410. The predicted octanol–water partition coefficient (Wildman–Crippen LogP) is 3.79. The maximum absolute atomic E-state index is 6.23. The zero-order chi connectivity index (χ0) is 11.4. The largest absolute Gasteiger partial charge is 0.327 e. The Bertz CT molecular complexity index is 331.